The van der Waals surface area contributed by atoms with Crippen LogP contribution in [0.2, 0.25) is 0 Å². The zero-order valence-corrected chi connectivity index (χ0v) is 16.9. The van der Waals surface area contributed by atoms with Crippen LogP contribution in [0.25, 0.3) is 0 Å². The summed E-state index contributed by atoms with van der Waals surface area (Å²) in [5.41, 5.74) is 1.16. The van der Waals surface area contributed by atoms with Crippen molar-refractivity contribution in [2.75, 3.05) is 18.1 Å². The molecule has 5 nitrogen and oxygen atoms in total. The van der Waals surface area contributed by atoms with E-state index < -0.39 is 11.8 Å². The fourth-order valence-corrected chi connectivity index (χ4v) is 4.15. The van der Waals surface area contributed by atoms with E-state index in [1.807, 2.05) is 24.3 Å². The first kappa shape index (κ1) is 21.0. The van der Waals surface area contributed by atoms with Crippen molar-refractivity contribution < 1.29 is 23.5 Å². The SMILES string of the molecule is CC1CCN(C(=O)COC(=O)CCC(=O)c2ccc(F)cc2)c2ccccc2S1. The van der Waals surface area contributed by atoms with Gasteiger partial charge in [0.25, 0.3) is 5.91 Å². The number of amides is 1. The molecule has 0 saturated carbocycles. The lowest BCUT2D eigenvalue weighted by molar-refractivity contribution is -0.147. The van der Waals surface area contributed by atoms with Gasteiger partial charge in [-0.3, -0.25) is 14.4 Å². The Balaban J connectivity index is 1.52. The third-order valence-electron chi connectivity index (χ3n) is 4.62. The number of halogens is 1. The Morgan fingerprint density at radius 3 is 2.59 bits per heavy atom. The summed E-state index contributed by atoms with van der Waals surface area (Å²) in [5.74, 6) is -1.60. The Labute approximate surface area is 173 Å². The van der Waals surface area contributed by atoms with Crippen LogP contribution in [0.3, 0.4) is 0 Å². The molecule has 152 valence electrons. The van der Waals surface area contributed by atoms with Crippen LogP contribution in [0, 0.1) is 5.82 Å². The number of rotatable bonds is 6. The van der Waals surface area contributed by atoms with Gasteiger partial charge in [0.05, 0.1) is 12.1 Å². The number of ether oxygens (including phenoxy) is 1. The van der Waals surface area contributed by atoms with Gasteiger partial charge in [-0.05, 0) is 42.8 Å². The number of para-hydroxylation sites is 1. The van der Waals surface area contributed by atoms with Crippen molar-refractivity contribution in [3.05, 3.63) is 59.9 Å². The van der Waals surface area contributed by atoms with E-state index in [1.165, 1.54) is 24.3 Å². The summed E-state index contributed by atoms with van der Waals surface area (Å²) >= 11 is 1.73. The molecule has 1 atom stereocenters. The molecule has 0 fully saturated rings. The number of carbonyl (C=O) groups excluding carboxylic acids is 3. The van der Waals surface area contributed by atoms with Gasteiger partial charge in [-0.15, -0.1) is 11.8 Å². The molecule has 0 saturated heterocycles. The molecule has 0 aliphatic carbocycles. The number of hydrogen-bond acceptors (Lipinski definition) is 5. The Bertz CT molecular complexity index is 900. The van der Waals surface area contributed by atoms with Crippen LogP contribution in [0.5, 0.6) is 0 Å². The van der Waals surface area contributed by atoms with E-state index in [2.05, 4.69) is 6.92 Å². The van der Waals surface area contributed by atoms with Crippen molar-refractivity contribution in [2.45, 2.75) is 36.3 Å². The fraction of sp³-hybridized carbons (Fsp3) is 0.318. The second-order valence-electron chi connectivity index (χ2n) is 6.82. The molecule has 29 heavy (non-hydrogen) atoms. The Kier molecular flexibility index (Phi) is 7.04. The van der Waals surface area contributed by atoms with Gasteiger partial charge in [0.15, 0.2) is 12.4 Å². The van der Waals surface area contributed by atoms with Gasteiger partial charge in [-0.2, -0.15) is 0 Å². The van der Waals surface area contributed by atoms with Gasteiger partial charge in [0.2, 0.25) is 0 Å². The highest BCUT2D eigenvalue weighted by Crippen LogP contribution is 2.37. The minimum absolute atomic E-state index is 0.0562. The van der Waals surface area contributed by atoms with Gasteiger partial charge in [0, 0.05) is 28.7 Å². The van der Waals surface area contributed by atoms with Crippen molar-refractivity contribution in [2.24, 2.45) is 0 Å². The molecule has 1 unspecified atom stereocenters. The third-order valence-corrected chi connectivity index (χ3v) is 5.86. The maximum Gasteiger partial charge on any atom is 0.306 e. The van der Waals surface area contributed by atoms with E-state index in [0.29, 0.717) is 17.4 Å². The zero-order chi connectivity index (χ0) is 20.8. The van der Waals surface area contributed by atoms with Crippen molar-refractivity contribution >= 4 is 35.1 Å². The summed E-state index contributed by atoms with van der Waals surface area (Å²) in [4.78, 5) is 39.4. The Morgan fingerprint density at radius 2 is 1.83 bits per heavy atom. The minimum atomic E-state index is -0.611. The number of fused-ring (bicyclic) bond motifs is 1. The van der Waals surface area contributed by atoms with Gasteiger partial charge in [-0.25, -0.2) is 4.39 Å². The molecule has 2 aromatic carbocycles. The lowest BCUT2D eigenvalue weighted by atomic mass is 10.1. The first-order chi connectivity index (χ1) is 13.9. The zero-order valence-electron chi connectivity index (χ0n) is 16.1. The van der Waals surface area contributed by atoms with Crippen molar-refractivity contribution in [1.29, 1.82) is 0 Å². The predicted molar refractivity (Wildman–Crippen MR) is 110 cm³/mol. The molecule has 1 aliphatic heterocycles. The number of nitrogens with zero attached hydrogens (tertiary/aromatic N) is 1. The summed E-state index contributed by atoms with van der Waals surface area (Å²) in [7, 11) is 0. The van der Waals surface area contributed by atoms with Crippen molar-refractivity contribution in [3.8, 4) is 0 Å². The molecular weight excluding hydrogens is 393 g/mol. The van der Waals surface area contributed by atoms with Crippen LogP contribution in [0.1, 0.15) is 36.5 Å². The fourth-order valence-electron chi connectivity index (χ4n) is 3.03. The lowest BCUT2D eigenvalue weighted by Gasteiger charge is -2.22. The average molecular weight is 415 g/mol. The van der Waals surface area contributed by atoms with Crippen LogP contribution in [-0.2, 0) is 14.3 Å². The van der Waals surface area contributed by atoms with Crippen LogP contribution in [0.4, 0.5) is 10.1 Å². The number of carbonyl (C=O) groups is 3. The van der Waals surface area contributed by atoms with E-state index in [-0.39, 0.29) is 31.1 Å². The molecule has 3 rings (SSSR count). The second-order valence-corrected chi connectivity index (χ2v) is 8.30. The molecule has 7 heteroatoms. The van der Waals surface area contributed by atoms with Crippen LogP contribution < -0.4 is 4.90 Å². The molecular formula is C22H22FNO4S. The normalized spacial score (nSPS) is 15.9. The highest BCUT2D eigenvalue weighted by Gasteiger charge is 2.24. The highest BCUT2D eigenvalue weighted by atomic mass is 32.2. The smallest absolute Gasteiger partial charge is 0.306 e. The predicted octanol–water partition coefficient (Wildman–Crippen LogP) is 4.25. The molecule has 1 aliphatic rings. The molecule has 1 amide bonds. The van der Waals surface area contributed by atoms with Crippen LogP contribution in [-0.4, -0.2) is 36.1 Å². The minimum Gasteiger partial charge on any atom is -0.456 e. The average Bonchev–Trinajstić information content (AvgIpc) is 2.89. The maximum absolute atomic E-state index is 12.9. The van der Waals surface area contributed by atoms with Crippen LogP contribution in [0.15, 0.2) is 53.4 Å². The number of benzene rings is 2. The van der Waals surface area contributed by atoms with Gasteiger partial charge in [-0.1, -0.05) is 19.1 Å². The van der Waals surface area contributed by atoms with E-state index in [1.54, 1.807) is 16.7 Å². The quantitative estimate of drug-likeness (QED) is 0.521. The number of Topliss-reactive ketones (excluding diaryl/α,β-unsaturated/α-hetero) is 1. The number of hydrogen-bond donors (Lipinski definition) is 0. The monoisotopic (exact) mass is 415 g/mol. The van der Waals surface area contributed by atoms with E-state index in [4.69, 9.17) is 4.74 Å². The molecule has 1 heterocycles. The first-order valence-electron chi connectivity index (χ1n) is 9.44. The standard InChI is InChI=1S/C22H22FNO4S/c1-15-12-13-24(18-4-2-3-5-20(18)29-15)21(26)14-28-22(27)11-10-19(25)16-6-8-17(23)9-7-16/h2-9,15H,10-14H2,1H3. The second kappa shape index (κ2) is 9.69. The summed E-state index contributed by atoms with van der Waals surface area (Å²) in [5, 5.41) is 0.383. The molecule has 0 aromatic heterocycles. The first-order valence-corrected chi connectivity index (χ1v) is 10.3. The molecule has 0 spiro atoms. The maximum atomic E-state index is 12.9. The molecule has 0 N–H and O–H groups in total. The topological polar surface area (TPSA) is 63.7 Å². The van der Waals surface area contributed by atoms with E-state index in [9.17, 15) is 18.8 Å². The van der Waals surface area contributed by atoms with Gasteiger partial charge in [0.1, 0.15) is 5.82 Å². The summed E-state index contributed by atoms with van der Waals surface area (Å²) < 4.78 is 18.0. The third kappa shape index (κ3) is 5.67. The van der Waals surface area contributed by atoms with Gasteiger partial charge >= 0.3 is 5.97 Å². The summed E-state index contributed by atoms with van der Waals surface area (Å²) in [6.07, 6.45) is 0.650. The van der Waals surface area contributed by atoms with E-state index in [0.717, 1.165) is 17.0 Å². The molecule has 0 radical (unpaired) electrons. The van der Waals surface area contributed by atoms with Crippen LogP contribution >= 0.6 is 11.8 Å². The Morgan fingerprint density at radius 1 is 1.10 bits per heavy atom. The van der Waals surface area contributed by atoms with Crippen molar-refractivity contribution in [1.82, 2.24) is 0 Å². The number of ketones is 1. The van der Waals surface area contributed by atoms with Gasteiger partial charge < -0.3 is 9.64 Å². The highest BCUT2D eigenvalue weighted by molar-refractivity contribution is 8.00. The van der Waals surface area contributed by atoms with E-state index >= 15 is 0 Å². The number of thioether (sulfide) groups is 1. The summed E-state index contributed by atoms with van der Waals surface area (Å²) in [6.45, 7) is 2.31. The number of anilines is 1. The largest absolute Gasteiger partial charge is 0.456 e. The van der Waals surface area contributed by atoms with Crippen molar-refractivity contribution in [3.63, 3.8) is 0 Å². The summed E-state index contributed by atoms with van der Waals surface area (Å²) in [6, 6.07) is 12.8. The molecule has 0 bridgehead atoms. The Hall–Kier alpha value is -2.67. The lowest BCUT2D eigenvalue weighted by Crippen LogP contribution is -2.35. The molecule has 2 aromatic rings. The number of esters is 1.